The molecule has 13 heavy (non-hydrogen) atoms. The van der Waals surface area contributed by atoms with Crippen LogP contribution in [-0.2, 0) is 5.41 Å². The van der Waals surface area contributed by atoms with E-state index in [0.717, 1.165) is 18.4 Å². The Morgan fingerprint density at radius 3 is 2.69 bits per heavy atom. The van der Waals surface area contributed by atoms with E-state index in [-0.39, 0.29) is 11.5 Å². The van der Waals surface area contributed by atoms with Gasteiger partial charge in [-0.25, -0.2) is 0 Å². The number of benzene rings is 1. The average molecular weight is 176 g/mol. The number of aliphatic hydroxyl groups is 1. The van der Waals surface area contributed by atoms with Crippen LogP contribution in [0.1, 0.15) is 43.9 Å². The lowest BCUT2D eigenvalue weighted by atomic mass is 9.72. The fourth-order valence-corrected chi connectivity index (χ4v) is 2.19. The Morgan fingerprint density at radius 2 is 2.00 bits per heavy atom. The summed E-state index contributed by atoms with van der Waals surface area (Å²) >= 11 is 0. The molecule has 1 N–H and O–H groups in total. The van der Waals surface area contributed by atoms with E-state index in [9.17, 15) is 5.11 Å². The van der Waals surface area contributed by atoms with Gasteiger partial charge < -0.3 is 5.11 Å². The maximum Gasteiger partial charge on any atom is 0.0793 e. The molecule has 0 bridgehead atoms. The molecule has 70 valence electrons. The summed E-state index contributed by atoms with van der Waals surface area (Å²) in [4.78, 5) is 0. The van der Waals surface area contributed by atoms with E-state index in [1.54, 1.807) is 0 Å². The molecule has 0 fully saturated rings. The van der Waals surface area contributed by atoms with E-state index >= 15 is 0 Å². The average Bonchev–Trinajstić information content (AvgIpc) is 2.13. The topological polar surface area (TPSA) is 20.2 Å². The van der Waals surface area contributed by atoms with Gasteiger partial charge in [0.05, 0.1) is 6.10 Å². The van der Waals surface area contributed by atoms with Gasteiger partial charge in [0.2, 0.25) is 0 Å². The van der Waals surface area contributed by atoms with Gasteiger partial charge in [-0.2, -0.15) is 0 Å². The summed E-state index contributed by atoms with van der Waals surface area (Å²) < 4.78 is 0. The molecule has 1 atom stereocenters. The van der Waals surface area contributed by atoms with Crippen molar-refractivity contribution in [2.24, 2.45) is 0 Å². The molecule has 1 aliphatic rings. The highest BCUT2D eigenvalue weighted by atomic mass is 16.3. The standard InChI is InChI=1S/C12H16O/c1-12(2)8-7-11(13)9-5-3-4-6-10(9)12/h3-6,11,13H,7-8H2,1-2H3. The van der Waals surface area contributed by atoms with Crippen molar-refractivity contribution in [2.75, 3.05) is 0 Å². The van der Waals surface area contributed by atoms with E-state index in [0.29, 0.717) is 0 Å². The van der Waals surface area contributed by atoms with Gasteiger partial charge >= 0.3 is 0 Å². The summed E-state index contributed by atoms with van der Waals surface area (Å²) in [6.45, 7) is 4.50. The van der Waals surface area contributed by atoms with Crippen LogP contribution in [0.15, 0.2) is 24.3 Å². The quantitative estimate of drug-likeness (QED) is 0.644. The Hall–Kier alpha value is -0.820. The van der Waals surface area contributed by atoms with Crippen LogP contribution in [-0.4, -0.2) is 5.11 Å². The first-order valence-corrected chi connectivity index (χ1v) is 4.89. The fraction of sp³-hybridized carbons (Fsp3) is 0.500. The second kappa shape index (κ2) is 2.85. The van der Waals surface area contributed by atoms with Gasteiger partial charge in [0, 0.05) is 0 Å². The highest BCUT2D eigenvalue weighted by Crippen LogP contribution is 2.40. The van der Waals surface area contributed by atoms with Gasteiger partial charge in [-0.05, 0) is 29.4 Å². The maximum absolute atomic E-state index is 9.79. The molecule has 0 amide bonds. The van der Waals surface area contributed by atoms with E-state index < -0.39 is 0 Å². The Kier molecular flexibility index (Phi) is 1.92. The van der Waals surface area contributed by atoms with Crippen LogP contribution in [0.25, 0.3) is 0 Å². The zero-order chi connectivity index (χ0) is 9.47. The van der Waals surface area contributed by atoms with Crippen molar-refractivity contribution in [2.45, 2.75) is 38.2 Å². The third kappa shape index (κ3) is 1.37. The molecule has 0 radical (unpaired) electrons. The SMILES string of the molecule is CC1(C)CCC(O)c2ccccc21. The summed E-state index contributed by atoms with van der Waals surface area (Å²) in [5, 5.41) is 9.79. The Balaban J connectivity index is 2.55. The van der Waals surface area contributed by atoms with Gasteiger partial charge in [-0.15, -0.1) is 0 Å². The first-order valence-electron chi connectivity index (χ1n) is 4.89. The monoisotopic (exact) mass is 176 g/mol. The number of hydrogen-bond acceptors (Lipinski definition) is 1. The molecule has 0 aliphatic heterocycles. The first-order chi connectivity index (χ1) is 6.11. The summed E-state index contributed by atoms with van der Waals surface area (Å²) in [7, 11) is 0. The third-order valence-electron chi connectivity index (χ3n) is 3.09. The summed E-state index contributed by atoms with van der Waals surface area (Å²) in [6.07, 6.45) is 1.72. The summed E-state index contributed by atoms with van der Waals surface area (Å²) in [6, 6.07) is 8.24. The fourth-order valence-electron chi connectivity index (χ4n) is 2.19. The third-order valence-corrected chi connectivity index (χ3v) is 3.09. The Labute approximate surface area is 79.4 Å². The van der Waals surface area contributed by atoms with Crippen LogP contribution in [0, 0.1) is 0 Å². The molecular weight excluding hydrogens is 160 g/mol. The molecule has 1 aromatic rings. The van der Waals surface area contributed by atoms with Crippen molar-refractivity contribution in [3.63, 3.8) is 0 Å². The molecular formula is C12H16O. The highest BCUT2D eigenvalue weighted by molar-refractivity contribution is 5.36. The number of hydrogen-bond donors (Lipinski definition) is 1. The molecule has 2 rings (SSSR count). The van der Waals surface area contributed by atoms with Crippen molar-refractivity contribution in [3.05, 3.63) is 35.4 Å². The van der Waals surface area contributed by atoms with Gasteiger partial charge in [0.1, 0.15) is 0 Å². The summed E-state index contributed by atoms with van der Waals surface area (Å²) in [5.41, 5.74) is 2.67. The molecule has 0 saturated carbocycles. The second-order valence-electron chi connectivity index (χ2n) is 4.53. The molecule has 1 aromatic carbocycles. The molecule has 0 spiro atoms. The lowest BCUT2D eigenvalue weighted by Gasteiger charge is -2.34. The van der Waals surface area contributed by atoms with Gasteiger partial charge in [-0.3, -0.25) is 0 Å². The van der Waals surface area contributed by atoms with Crippen LogP contribution in [0.5, 0.6) is 0 Å². The first kappa shape index (κ1) is 8.76. The molecule has 1 nitrogen and oxygen atoms in total. The summed E-state index contributed by atoms with van der Waals surface area (Å²) in [5.74, 6) is 0. The largest absolute Gasteiger partial charge is 0.388 e. The van der Waals surface area contributed by atoms with Crippen molar-refractivity contribution in [3.8, 4) is 0 Å². The predicted molar refractivity (Wildman–Crippen MR) is 53.7 cm³/mol. The van der Waals surface area contributed by atoms with Gasteiger partial charge in [-0.1, -0.05) is 38.1 Å². The van der Waals surface area contributed by atoms with Crippen molar-refractivity contribution in [1.82, 2.24) is 0 Å². The normalized spacial score (nSPS) is 25.3. The van der Waals surface area contributed by atoms with E-state index in [1.807, 2.05) is 12.1 Å². The van der Waals surface area contributed by atoms with Crippen molar-refractivity contribution in [1.29, 1.82) is 0 Å². The Bertz CT molecular complexity index is 315. The second-order valence-corrected chi connectivity index (χ2v) is 4.53. The molecule has 0 aromatic heterocycles. The van der Waals surface area contributed by atoms with Crippen LogP contribution in [0.2, 0.25) is 0 Å². The van der Waals surface area contributed by atoms with Crippen molar-refractivity contribution >= 4 is 0 Å². The van der Waals surface area contributed by atoms with E-state index in [4.69, 9.17) is 0 Å². The van der Waals surface area contributed by atoms with Crippen LogP contribution < -0.4 is 0 Å². The van der Waals surface area contributed by atoms with E-state index in [2.05, 4.69) is 26.0 Å². The molecule has 1 heteroatoms. The lowest BCUT2D eigenvalue weighted by molar-refractivity contribution is 0.139. The zero-order valence-corrected chi connectivity index (χ0v) is 8.25. The number of aliphatic hydroxyl groups excluding tert-OH is 1. The molecule has 0 heterocycles. The minimum Gasteiger partial charge on any atom is -0.388 e. The number of rotatable bonds is 0. The van der Waals surface area contributed by atoms with Gasteiger partial charge in [0.25, 0.3) is 0 Å². The molecule has 1 unspecified atom stereocenters. The maximum atomic E-state index is 9.79. The van der Waals surface area contributed by atoms with Gasteiger partial charge in [0.15, 0.2) is 0 Å². The zero-order valence-electron chi connectivity index (χ0n) is 8.25. The highest BCUT2D eigenvalue weighted by Gasteiger charge is 2.30. The number of fused-ring (bicyclic) bond motifs is 1. The smallest absolute Gasteiger partial charge is 0.0793 e. The molecule has 1 aliphatic carbocycles. The lowest BCUT2D eigenvalue weighted by Crippen LogP contribution is -2.25. The minimum atomic E-state index is -0.246. The molecule has 0 saturated heterocycles. The van der Waals surface area contributed by atoms with E-state index in [1.165, 1.54) is 5.56 Å². The van der Waals surface area contributed by atoms with Crippen molar-refractivity contribution < 1.29 is 5.11 Å². The van der Waals surface area contributed by atoms with Crippen LogP contribution >= 0.6 is 0 Å². The van der Waals surface area contributed by atoms with Crippen LogP contribution in [0.3, 0.4) is 0 Å². The Morgan fingerprint density at radius 1 is 1.31 bits per heavy atom. The van der Waals surface area contributed by atoms with Crippen LogP contribution in [0.4, 0.5) is 0 Å². The minimum absolute atomic E-state index is 0.232. The predicted octanol–water partition coefficient (Wildman–Crippen LogP) is 2.79.